The van der Waals surface area contributed by atoms with Gasteiger partial charge in [0.2, 0.25) is 0 Å². The van der Waals surface area contributed by atoms with Crippen molar-refractivity contribution in [2.45, 2.75) is 40.0 Å². The molecule has 4 aromatic rings. The van der Waals surface area contributed by atoms with Gasteiger partial charge in [-0.2, -0.15) is 5.10 Å². The number of benzene rings is 2. The first-order valence-corrected chi connectivity index (χ1v) is 11.5. The average molecular weight is 613 g/mol. The summed E-state index contributed by atoms with van der Waals surface area (Å²) in [5.74, 6) is 0.00680. The summed E-state index contributed by atoms with van der Waals surface area (Å²) in [5, 5.41) is 17.8. The van der Waals surface area contributed by atoms with Gasteiger partial charge >= 0.3 is 0 Å². The minimum atomic E-state index is -0.634. The highest BCUT2D eigenvalue weighted by Gasteiger charge is 2.19. The summed E-state index contributed by atoms with van der Waals surface area (Å²) in [6.45, 7) is 6.07. The number of nitrogens with zero attached hydrogens (tertiary/aromatic N) is 3. The number of aliphatic hydroxyl groups is 1. The Morgan fingerprint density at radius 2 is 1.59 bits per heavy atom. The van der Waals surface area contributed by atoms with Crippen LogP contribution in [0.3, 0.4) is 0 Å². The van der Waals surface area contributed by atoms with Crippen LogP contribution >= 0.6 is 45.2 Å². The third-order valence-electron chi connectivity index (χ3n) is 5.30. The first-order chi connectivity index (χ1) is 13.8. The van der Waals surface area contributed by atoms with Crippen molar-refractivity contribution in [1.29, 1.82) is 0 Å². The lowest BCUT2D eigenvalue weighted by Gasteiger charge is -2.15. The van der Waals surface area contributed by atoms with Crippen LogP contribution in [0.5, 0.6) is 0 Å². The molecule has 0 bridgehead atoms. The van der Waals surface area contributed by atoms with Crippen molar-refractivity contribution in [1.82, 2.24) is 14.3 Å². The van der Waals surface area contributed by atoms with E-state index in [0.29, 0.717) is 24.3 Å². The Kier molecular flexibility index (Phi) is 5.73. The third-order valence-corrected chi connectivity index (χ3v) is 6.64. The van der Waals surface area contributed by atoms with Crippen molar-refractivity contribution < 1.29 is 9.90 Å². The molecule has 0 saturated carbocycles. The molecule has 5 nitrogen and oxygen atoms in total. The van der Waals surface area contributed by atoms with E-state index in [1.54, 1.807) is 11.6 Å². The maximum atomic E-state index is 11.9. The van der Waals surface area contributed by atoms with Crippen molar-refractivity contribution in [3.63, 3.8) is 0 Å². The van der Waals surface area contributed by atoms with Crippen molar-refractivity contribution in [3.8, 4) is 0 Å². The molecule has 150 valence electrons. The number of aliphatic hydroxyl groups excluding tert-OH is 1. The van der Waals surface area contributed by atoms with Gasteiger partial charge in [-0.15, -0.1) is 0 Å². The molecule has 0 amide bonds. The van der Waals surface area contributed by atoms with Crippen LogP contribution in [0, 0.1) is 21.0 Å². The highest BCUT2D eigenvalue weighted by molar-refractivity contribution is 14.1. The Hall–Kier alpha value is -1.46. The number of Topliss-reactive ketones (excluding diaryl/α,β-unsaturated/α-hetero) is 1. The number of carbonyl (C=O) groups is 1. The summed E-state index contributed by atoms with van der Waals surface area (Å²) in [6, 6.07) is 12.8. The fraction of sp³-hybridized carbons (Fsp3) is 0.273. The zero-order chi connectivity index (χ0) is 20.9. The molecule has 0 spiro atoms. The number of rotatable bonds is 5. The molecule has 1 atom stereocenters. The summed E-state index contributed by atoms with van der Waals surface area (Å²) in [5.41, 5.74) is 4.39. The van der Waals surface area contributed by atoms with Gasteiger partial charge in [0.1, 0.15) is 0 Å². The minimum Gasteiger partial charge on any atom is -0.389 e. The first kappa shape index (κ1) is 20.8. The molecule has 4 rings (SSSR count). The summed E-state index contributed by atoms with van der Waals surface area (Å²) in [4.78, 5) is 11.9. The smallest absolute Gasteiger partial charge is 0.163 e. The van der Waals surface area contributed by atoms with Crippen molar-refractivity contribution in [2.24, 2.45) is 0 Å². The number of aromatic nitrogens is 3. The number of fused-ring (bicyclic) bond motifs is 3. The number of aryl methyl sites for hydroxylation is 1. The second-order valence-corrected chi connectivity index (χ2v) is 9.86. The van der Waals surface area contributed by atoms with Gasteiger partial charge in [0.25, 0.3) is 0 Å². The van der Waals surface area contributed by atoms with E-state index >= 15 is 0 Å². The number of carbonyl (C=O) groups excluding carboxylic acids is 1. The van der Waals surface area contributed by atoms with E-state index in [1.165, 1.54) is 17.9 Å². The number of hydrogen-bond acceptors (Lipinski definition) is 3. The van der Waals surface area contributed by atoms with Gasteiger partial charge in [0.15, 0.2) is 5.78 Å². The molecule has 7 heteroatoms. The summed E-state index contributed by atoms with van der Waals surface area (Å²) < 4.78 is 6.30. The maximum Gasteiger partial charge on any atom is 0.163 e. The van der Waals surface area contributed by atoms with E-state index in [2.05, 4.69) is 91.2 Å². The molecule has 2 aromatic heterocycles. The molecular weight excluding hydrogens is 592 g/mol. The Morgan fingerprint density at radius 1 is 1.03 bits per heavy atom. The Morgan fingerprint density at radius 3 is 2.07 bits per heavy atom. The van der Waals surface area contributed by atoms with Gasteiger partial charge in [0.05, 0.1) is 30.5 Å². The lowest BCUT2D eigenvalue weighted by Crippen LogP contribution is -2.23. The maximum absolute atomic E-state index is 11.9. The molecule has 0 aliphatic heterocycles. The molecular formula is C22H21I2N3O2. The third kappa shape index (κ3) is 3.84. The molecule has 0 fully saturated rings. The van der Waals surface area contributed by atoms with Crippen LogP contribution in [0.1, 0.15) is 28.7 Å². The minimum absolute atomic E-state index is 0.00680. The largest absolute Gasteiger partial charge is 0.389 e. The van der Waals surface area contributed by atoms with Gasteiger partial charge in [-0.1, -0.05) is 0 Å². The number of halogens is 2. The van der Waals surface area contributed by atoms with Crippen molar-refractivity contribution in [3.05, 3.63) is 60.5 Å². The van der Waals surface area contributed by atoms with E-state index in [0.717, 1.165) is 16.7 Å². The van der Waals surface area contributed by atoms with Crippen molar-refractivity contribution >= 4 is 72.8 Å². The molecule has 2 heterocycles. The normalized spacial score (nSPS) is 12.8. The highest BCUT2D eigenvalue weighted by atomic mass is 127. The molecule has 0 aliphatic carbocycles. The predicted octanol–water partition coefficient (Wildman–Crippen LogP) is 5.08. The molecule has 0 radical (unpaired) electrons. The quantitative estimate of drug-likeness (QED) is 0.253. The molecule has 0 aliphatic rings. The van der Waals surface area contributed by atoms with Crippen LogP contribution in [0.15, 0.2) is 36.4 Å². The van der Waals surface area contributed by atoms with E-state index < -0.39 is 6.10 Å². The first-order valence-electron chi connectivity index (χ1n) is 9.36. The summed E-state index contributed by atoms with van der Waals surface area (Å²) in [6.07, 6.45) is -0.634. The van der Waals surface area contributed by atoms with Crippen LogP contribution in [0.25, 0.3) is 21.8 Å². The topological polar surface area (TPSA) is 60.1 Å². The highest BCUT2D eigenvalue weighted by Crippen LogP contribution is 2.31. The molecule has 0 saturated heterocycles. The Labute approximate surface area is 196 Å². The molecule has 2 aromatic carbocycles. The van der Waals surface area contributed by atoms with Crippen molar-refractivity contribution in [2.75, 3.05) is 0 Å². The monoisotopic (exact) mass is 613 g/mol. The molecule has 29 heavy (non-hydrogen) atoms. The average Bonchev–Trinajstić information content (AvgIpc) is 3.08. The van der Waals surface area contributed by atoms with E-state index in [4.69, 9.17) is 0 Å². The molecule has 1 N–H and O–H groups in total. The molecule has 0 unspecified atom stereocenters. The van der Waals surface area contributed by atoms with Crippen LogP contribution in [-0.4, -0.2) is 31.3 Å². The SMILES string of the molecule is CC(=O)c1c(C)nn(C[C@@H](O)Cn2c3ccc(I)cc3c3cc(I)ccc32)c1C. The van der Waals surface area contributed by atoms with Gasteiger partial charge in [-0.05, 0) is 102 Å². The lowest BCUT2D eigenvalue weighted by molar-refractivity contribution is 0.101. The lowest BCUT2D eigenvalue weighted by atomic mass is 10.1. The Bertz CT molecular complexity index is 1200. The summed E-state index contributed by atoms with van der Waals surface area (Å²) >= 11 is 4.67. The number of hydrogen-bond donors (Lipinski definition) is 1. The number of ketones is 1. The van der Waals surface area contributed by atoms with Gasteiger partial charge in [0, 0.05) is 34.6 Å². The standard InChI is InChI=1S/C22H21I2N3O2/c1-12-22(14(3)28)13(2)27(25-12)11-17(29)10-26-20-6-4-15(23)8-18(20)19-9-16(24)5-7-21(19)26/h4-9,17,29H,10-11H2,1-3H3/t17-/m0/s1. The second kappa shape index (κ2) is 7.99. The van der Waals surface area contributed by atoms with Gasteiger partial charge in [-0.25, -0.2) is 0 Å². The zero-order valence-corrected chi connectivity index (χ0v) is 20.7. The van der Waals surface area contributed by atoms with Gasteiger partial charge < -0.3 is 9.67 Å². The second-order valence-electron chi connectivity index (χ2n) is 7.37. The van der Waals surface area contributed by atoms with Gasteiger partial charge in [-0.3, -0.25) is 9.48 Å². The zero-order valence-electron chi connectivity index (χ0n) is 16.4. The van der Waals surface area contributed by atoms with E-state index in [-0.39, 0.29) is 5.78 Å². The van der Waals surface area contributed by atoms with Crippen LogP contribution in [-0.2, 0) is 13.1 Å². The van der Waals surface area contributed by atoms with Crippen LogP contribution < -0.4 is 0 Å². The summed E-state index contributed by atoms with van der Waals surface area (Å²) in [7, 11) is 0. The van der Waals surface area contributed by atoms with Crippen LogP contribution in [0.2, 0.25) is 0 Å². The predicted molar refractivity (Wildman–Crippen MR) is 133 cm³/mol. The van der Waals surface area contributed by atoms with Crippen LogP contribution in [0.4, 0.5) is 0 Å². The fourth-order valence-corrected chi connectivity index (χ4v) is 5.08. The van der Waals surface area contributed by atoms with E-state index in [1.807, 2.05) is 13.8 Å². The fourth-order valence-electron chi connectivity index (χ4n) is 4.10. The van der Waals surface area contributed by atoms with E-state index in [9.17, 15) is 9.90 Å². The Balaban J connectivity index is 1.72.